The second-order valence-electron chi connectivity index (χ2n) is 6.08. The van der Waals surface area contributed by atoms with Crippen LogP contribution in [-0.2, 0) is 14.3 Å². The Morgan fingerprint density at radius 2 is 1.79 bits per heavy atom. The average molecular weight is 397 g/mol. The van der Waals surface area contributed by atoms with Gasteiger partial charge in [-0.1, -0.05) is 43.8 Å². The maximum absolute atomic E-state index is 11.0. The van der Waals surface area contributed by atoms with E-state index in [-0.39, 0.29) is 6.61 Å². The van der Waals surface area contributed by atoms with Crippen molar-refractivity contribution in [1.82, 2.24) is 0 Å². The van der Waals surface area contributed by atoms with E-state index in [1.807, 2.05) is 23.9 Å². The molecule has 3 aromatic carbocycles. The number of hydrogen-bond acceptors (Lipinski definition) is 5. The molecule has 0 atom stereocenters. The number of carbonyl (C=O) groups excluding carboxylic acids is 1. The molecule has 0 aliphatic carbocycles. The van der Waals surface area contributed by atoms with Gasteiger partial charge in [0.1, 0.15) is 19.0 Å². The molecule has 0 radical (unpaired) electrons. The molecule has 0 aliphatic rings. The molecule has 0 aliphatic heterocycles. The minimum Gasteiger partial charge on any atom is -0.490 e. The molecule has 0 spiro atoms. The van der Waals surface area contributed by atoms with E-state index in [0.717, 1.165) is 39.1 Å². The van der Waals surface area contributed by atoms with Crippen LogP contribution in [0.25, 0.3) is 21.5 Å². The lowest BCUT2D eigenvalue weighted by Crippen LogP contribution is -2.12. The first kappa shape index (κ1) is 20.2. The molecule has 28 heavy (non-hydrogen) atoms. The van der Waals surface area contributed by atoms with Crippen molar-refractivity contribution in [3.63, 3.8) is 0 Å². The van der Waals surface area contributed by atoms with Crippen LogP contribution in [0.1, 0.15) is 6.92 Å². The lowest BCUT2D eigenvalue weighted by Gasteiger charge is -2.14. The topological polar surface area (TPSA) is 44.8 Å². The first-order chi connectivity index (χ1) is 13.7. The van der Waals surface area contributed by atoms with E-state index in [0.29, 0.717) is 19.8 Å². The number of fused-ring (bicyclic) bond motifs is 2. The second kappa shape index (κ2) is 10.2. The summed E-state index contributed by atoms with van der Waals surface area (Å²) in [6.45, 7) is 6.88. The maximum Gasteiger partial charge on any atom is 0.330 e. The number of esters is 1. The van der Waals surface area contributed by atoms with Gasteiger partial charge in [0.2, 0.25) is 0 Å². The van der Waals surface area contributed by atoms with Crippen molar-refractivity contribution in [2.24, 2.45) is 0 Å². The summed E-state index contributed by atoms with van der Waals surface area (Å²) in [5.41, 5.74) is 0. The summed E-state index contributed by atoms with van der Waals surface area (Å²) < 4.78 is 16.5. The number of ether oxygens (including phenoxy) is 3. The van der Waals surface area contributed by atoms with E-state index in [1.54, 1.807) is 0 Å². The van der Waals surface area contributed by atoms with Gasteiger partial charge in [0.15, 0.2) is 0 Å². The SMILES string of the molecule is C=CC(=O)OCCOCCOc1c2ccccc2cc2ccc(SCC)cc12. The first-order valence-corrected chi connectivity index (χ1v) is 10.3. The lowest BCUT2D eigenvalue weighted by molar-refractivity contribution is -0.139. The van der Waals surface area contributed by atoms with Gasteiger partial charge in [-0.15, -0.1) is 11.8 Å². The Morgan fingerprint density at radius 3 is 2.61 bits per heavy atom. The zero-order chi connectivity index (χ0) is 19.8. The molecule has 0 amide bonds. The molecule has 4 nitrogen and oxygen atoms in total. The quantitative estimate of drug-likeness (QED) is 0.154. The molecule has 0 heterocycles. The molecule has 3 rings (SSSR count). The summed E-state index contributed by atoms with van der Waals surface area (Å²) in [5.74, 6) is 1.47. The standard InChI is InChI=1S/C23H24O4S/c1-3-22(24)26-13-11-25-12-14-27-23-20-8-6-5-7-17(20)15-18-9-10-19(28-4-2)16-21(18)23/h3,5-10,15-16H,1,4,11-14H2,2H3. The van der Waals surface area contributed by atoms with Gasteiger partial charge in [-0.2, -0.15) is 0 Å². The van der Waals surface area contributed by atoms with Crippen molar-refractivity contribution >= 4 is 39.3 Å². The Balaban J connectivity index is 1.73. The largest absolute Gasteiger partial charge is 0.490 e. The van der Waals surface area contributed by atoms with Gasteiger partial charge < -0.3 is 14.2 Å². The van der Waals surface area contributed by atoms with Gasteiger partial charge in [-0.3, -0.25) is 0 Å². The van der Waals surface area contributed by atoms with Gasteiger partial charge in [0.05, 0.1) is 13.2 Å². The summed E-state index contributed by atoms with van der Waals surface area (Å²) in [6, 6.07) is 16.9. The smallest absolute Gasteiger partial charge is 0.330 e. The zero-order valence-electron chi connectivity index (χ0n) is 16.0. The molecule has 0 unspecified atom stereocenters. The van der Waals surface area contributed by atoms with E-state index in [1.165, 1.54) is 4.90 Å². The third-order valence-electron chi connectivity index (χ3n) is 4.21. The predicted octanol–water partition coefficient (Wildman–Crippen LogP) is 5.23. The fraction of sp³-hybridized carbons (Fsp3) is 0.261. The van der Waals surface area contributed by atoms with Gasteiger partial charge >= 0.3 is 5.97 Å². The number of rotatable bonds is 10. The Labute approximate surface area is 169 Å². The second-order valence-corrected chi connectivity index (χ2v) is 7.41. The van der Waals surface area contributed by atoms with Crippen molar-refractivity contribution in [2.75, 3.05) is 32.2 Å². The van der Waals surface area contributed by atoms with Gasteiger partial charge in [0, 0.05) is 21.7 Å². The third-order valence-corrected chi connectivity index (χ3v) is 5.09. The van der Waals surface area contributed by atoms with Gasteiger partial charge in [0.25, 0.3) is 0 Å². The van der Waals surface area contributed by atoms with Crippen LogP contribution in [-0.4, -0.2) is 38.1 Å². The van der Waals surface area contributed by atoms with E-state index in [4.69, 9.17) is 14.2 Å². The molecule has 0 bridgehead atoms. The maximum atomic E-state index is 11.0. The molecule has 0 aromatic heterocycles. The van der Waals surface area contributed by atoms with E-state index < -0.39 is 5.97 Å². The highest BCUT2D eigenvalue weighted by molar-refractivity contribution is 7.99. The predicted molar refractivity (Wildman–Crippen MR) is 115 cm³/mol. The summed E-state index contributed by atoms with van der Waals surface area (Å²) in [7, 11) is 0. The van der Waals surface area contributed by atoms with Crippen LogP contribution in [0.5, 0.6) is 5.75 Å². The van der Waals surface area contributed by atoms with Crippen molar-refractivity contribution in [2.45, 2.75) is 11.8 Å². The summed E-state index contributed by atoms with van der Waals surface area (Å²) in [4.78, 5) is 12.2. The number of carbonyl (C=O) groups is 1. The van der Waals surface area contributed by atoms with Crippen molar-refractivity contribution in [3.8, 4) is 5.75 Å². The Kier molecular flexibility index (Phi) is 7.34. The summed E-state index contributed by atoms with van der Waals surface area (Å²) >= 11 is 1.82. The highest BCUT2D eigenvalue weighted by atomic mass is 32.2. The monoisotopic (exact) mass is 396 g/mol. The molecule has 146 valence electrons. The number of benzene rings is 3. The van der Waals surface area contributed by atoms with Crippen LogP contribution >= 0.6 is 11.8 Å². The Hall–Kier alpha value is -2.50. The van der Waals surface area contributed by atoms with Crippen LogP contribution in [0.2, 0.25) is 0 Å². The van der Waals surface area contributed by atoms with E-state index in [2.05, 4.69) is 49.9 Å². The van der Waals surface area contributed by atoms with Crippen molar-refractivity contribution in [1.29, 1.82) is 0 Å². The van der Waals surface area contributed by atoms with Crippen molar-refractivity contribution in [3.05, 3.63) is 61.2 Å². The molecule has 0 saturated carbocycles. The van der Waals surface area contributed by atoms with Crippen LogP contribution in [0, 0.1) is 0 Å². The summed E-state index contributed by atoms with van der Waals surface area (Å²) in [6.07, 6.45) is 1.14. The van der Waals surface area contributed by atoms with Gasteiger partial charge in [-0.25, -0.2) is 4.79 Å². The highest BCUT2D eigenvalue weighted by Gasteiger charge is 2.10. The third kappa shape index (κ3) is 5.06. The van der Waals surface area contributed by atoms with Crippen LogP contribution in [0.3, 0.4) is 0 Å². The van der Waals surface area contributed by atoms with Crippen LogP contribution in [0.4, 0.5) is 0 Å². The van der Waals surface area contributed by atoms with E-state index in [9.17, 15) is 4.79 Å². The Bertz CT molecular complexity index is 967. The molecule has 0 saturated heterocycles. The zero-order valence-corrected chi connectivity index (χ0v) is 16.8. The van der Waals surface area contributed by atoms with Crippen molar-refractivity contribution < 1.29 is 19.0 Å². The number of hydrogen-bond donors (Lipinski definition) is 0. The molecular weight excluding hydrogens is 372 g/mol. The molecule has 0 fully saturated rings. The minimum atomic E-state index is -0.442. The molecular formula is C23H24O4S. The fourth-order valence-corrected chi connectivity index (χ4v) is 3.68. The fourth-order valence-electron chi connectivity index (χ4n) is 2.98. The normalized spacial score (nSPS) is 10.9. The first-order valence-electron chi connectivity index (χ1n) is 9.31. The highest BCUT2D eigenvalue weighted by Crippen LogP contribution is 2.37. The number of thioether (sulfide) groups is 1. The average Bonchev–Trinajstić information content (AvgIpc) is 2.72. The lowest BCUT2D eigenvalue weighted by atomic mass is 10.0. The Morgan fingerprint density at radius 1 is 1.00 bits per heavy atom. The van der Waals surface area contributed by atoms with E-state index >= 15 is 0 Å². The summed E-state index contributed by atoms with van der Waals surface area (Å²) in [5, 5.41) is 4.51. The minimum absolute atomic E-state index is 0.208. The molecule has 3 aromatic rings. The molecule has 0 N–H and O–H groups in total. The van der Waals surface area contributed by atoms with Crippen LogP contribution in [0.15, 0.2) is 66.1 Å². The van der Waals surface area contributed by atoms with Crippen LogP contribution < -0.4 is 4.74 Å². The molecule has 5 heteroatoms. The van der Waals surface area contributed by atoms with Gasteiger partial charge in [-0.05, 0) is 34.7 Å².